The van der Waals surface area contributed by atoms with Gasteiger partial charge in [0, 0.05) is 41.0 Å². The number of amides is 1. The largest absolute Gasteiger partial charge is 0.361 e. The Balaban J connectivity index is 1.57. The molecule has 1 N–H and O–H groups in total. The van der Waals surface area contributed by atoms with Crippen molar-refractivity contribution in [2.75, 3.05) is 0 Å². The van der Waals surface area contributed by atoms with E-state index in [4.69, 9.17) is 0 Å². The summed E-state index contributed by atoms with van der Waals surface area (Å²) in [5.41, 5.74) is 3.29. The van der Waals surface area contributed by atoms with Crippen LogP contribution in [0.25, 0.3) is 10.9 Å². The second-order valence-corrected chi connectivity index (χ2v) is 8.21. The van der Waals surface area contributed by atoms with Gasteiger partial charge in [-0.05, 0) is 35.6 Å². The van der Waals surface area contributed by atoms with Crippen molar-refractivity contribution in [2.24, 2.45) is 0 Å². The fraction of sp³-hybridized carbons (Fsp3) is 0.208. The first-order valence-electron chi connectivity index (χ1n) is 9.61. The number of thiophene rings is 1. The summed E-state index contributed by atoms with van der Waals surface area (Å²) in [6.07, 6.45) is 3.25. The molecule has 0 aliphatic carbocycles. The highest BCUT2D eigenvalue weighted by molar-refractivity contribution is 7.09. The van der Waals surface area contributed by atoms with E-state index in [0.29, 0.717) is 13.0 Å². The monoisotopic (exact) mass is 388 g/mol. The van der Waals surface area contributed by atoms with Gasteiger partial charge in [0.25, 0.3) is 0 Å². The van der Waals surface area contributed by atoms with Gasteiger partial charge in [0.1, 0.15) is 0 Å². The molecule has 2 aromatic carbocycles. The van der Waals surface area contributed by atoms with E-state index < -0.39 is 0 Å². The number of para-hydroxylation sites is 1. The third-order valence-electron chi connectivity index (χ3n) is 5.14. The fourth-order valence-electron chi connectivity index (χ4n) is 3.64. The highest BCUT2D eigenvalue weighted by Crippen LogP contribution is 2.21. The zero-order valence-electron chi connectivity index (χ0n) is 16.0. The molecule has 28 heavy (non-hydrogen) atoms. The summed E-state index contributed by atoms with van der Waals surface area (Å²) < 4.78 is 0. The highest BCUT2D eigenvalue weighted by atomic mass is 32.1. The normalized spacial score (nSPS) is 12.2. The second kappa shape index (κ2) is 8.44. The number of benzene rings is 2. The Morgan fingerprint density at radius 3 is 2.61 bits per heavy atom. The third-order valence-corrected chi connectivity index (χ3v) is 6.04. The summed E-state index contributed by atoms with van der Waals surface area (Å²) in [6.45, 7) is 2.78. The molecule has 0 spiro atoms. The molecule has 142 valence electrons. The number of hydrogen-bond acceptors (Lipinski definition) is 2. The lowest BCUT2D eigenvalue weighted by molar-refractivity contribution is -0.133. The summed E-state index contributed by atoms with van der Waals surface area (Å²) in [4.78, 5) is 20.0. The molecule has 0 saturated carbocycles. The van der Waals surface area contributed by atoms with Gasteiger partial charge in [0.15, 0.2) is 0 Å². The highest BCUT2D eigenvalue weighted by Gasteiger charge is 2.22. The molecule has 0 fully saturated rings. The predicted molar refractivity (Wildman–Crippen MR) is 116 cm³/mol. The van der Waals surface area contributed by atoms with Crippen LogP contribution in [0.4, 0.5) is 0 Å². The Morgan fingerprint density at radius 2 is 1.82 bits per heavy atom. The standard InChI is InChI=1S/C24H24N2OS/c1-18(14-21-10-7-13-28-21)26(17-19-8-3-2-4-9-19)24(27)15-20-16-25-23-12-6-5-11-22(20)23/h2-13,16,18,25H,14-15,17H2,1H3. The molecular weight excluding hydrogens is 364 g/mol. The van der Waals surface area contributed by atoms with Crippen LogP contribution in [-0.2, 0) is 24.2 Å². The van der Waals surface area contributed by atoms with E-state index in [-0.39, 0.29) is 11.9 Å². The van der Waals surface area contributed by atoms with E-state index in [1.165, 1.54) is 4.88 Å². The van der Waals surface area contributed by atoms with E-state index in [2.05, 4.69) is 47.6 Å². The Morgan fingerprint density at radius 1 is 1.04 bits per heavy atom. The van der Waals surface area contributed by atoms with Gasteiger partial charge in [-0.1, -0.05) is 54.6 Å². The smallest absolute Gasteiger partial charge is 0.227 e. The lowest BCUT2D eigenvalue weighted by atomic mass is 10.1. The minimum atomic E-state index is 0.136. The van der Waals surface area contributed by atoms with Crippen molar-refractivity contribution in [3.63, 3.8) is 0 Å². The van der Waals surface area contributed by atoms with Gasteiger partial charge in [-0.15, -0.1) is 11.3 Å². The molecule has 3 nitrogen and oxygen atoms in total. The lowest BCUT2D eigenvalue weighted by Gasteiger charge is -2.29. The molecule has 1 atom stereocenters. The molecule has 0 aliphatic rings. The number of fused-ring (bicyclic) bond motifs is 1. The van der Waals surface area contributed by atoms with Gasteiger partial charge in [-0.3, -0.25) is 4.79 Å². The summed E-state index contributed by atoms with van der Waals surface area (Å²) in [6, 6.07) is 22.7. The van der Waals surface area contributed by atoms with Gasteiger partial charge in [-0.2, -0.15) is 0 Å². The van der Waals surface area contributed by atoms with Crippen molar-refractivity contribution < 1.29 is 4.79 Å². The maximum atomic E-state index is 13.3. The number of aromatic nitrogens is 1. The van der Waals surface area contributed by atoms with Crippen molar-refractivity contribution in [2.45, 2.75) is 32.4 Å². The molecule has 1 amide bonds. The number of carbonyl (C=O) groups is 1. The third kappa shape index (κ3) is 4.18. The van der Waals surface area contributed by atoms with Crippen molar-refractivity contribution in [3.8, 4) is 0 Å². The van der Waals surface area contributed by atoms with Crippen LogP contribution in [0.1, 0.15) is 22.9 Å². The molecule has 0 radical (unpaired) electrons. The topological polar surface area (TPSA) is 36.1 Å². The number of aromatic amines is 1. The maximum absolute atomic E-state index is 13.3. The van der Waals surface area contributed by atoms with Gasteiger partial charge in [0.05, 0.1) is 6.42 Å². The summed E-state index contributed by atoms with van der Waals surface area (Å²) >= 11 is 1.75. The van der Waals surface area contributed by atoms with Gasteiger partial charge < -0.3 is 9.88 Å². The summed E-state index contributed by atoms with van der Waals surface area (Å²) in [7, 11) is 0. The quantitative estimate of drug-likeness (QED) is 0.450. The first-order valence-corrected chi connectivity index (χ1v) is 10.5. The Labute approximate surface area is 169 Å². The first kappa shape index (κ1) is 18.5. The molecule has 4 aromatic rings. The number of rotatable bonds is 7. The minimum absolute atomic E-state index is 0.136. The zero-order valence-corrected chi connectivity index (χ0v) is 16.8. The number of carbonyl (C=O) groups excluding carboxylic acids is 1. The molecule has 4 heteroatoms. The predicted octanol–water partition coefficient (Wildman–Crippen LogP) is 5.43. The molecule has 0 aliphatic heterocycles. The van der Waals surface area contributed by atoms with Crippen LogP contribution in [0.3, 0.4) is 0 Å². The van der Waals surface area contributed by atoms with Crippen LogP contribution >= 0.6 is 11.3 Å². The van der Waals surface area contributed by atoms with Gasteiger partial charge in [0.2, 0.25) is 5.91 Å². The van der Waals surface area contributed by atoms with E-state index >= 15 is 0 Å². The van der Waals surface area contributed by atoms with Crippen molar-refractivity contribution in [3.05, 3.63) is 94.3 Å². The van der Waals surface area contributed by atoms with Crippen LogP contribution in [-0.4, -0.2) is 21.8 Å². The van der Waals surface area contributed by atoms with Crippen LogP contribution in [0.5, 0.6) is 0 Å². The number of hydrogen-bond donors (Lipinski definition) is 1. The van der Waals surface area contributed by atoms with Crippen LogP contribution in [0.2, 0.25) is 0 Å². The van der Waals surface area contributed by atoms with E-state index in [9.17, 15) is 4.79 Å². The number of H-pyrrole nitrogens is 1. The number of nitrogens with zero attached hydrogens (tertiary/aromatic N) is 1. The zero-order chi connectivity index (χ0) is 19.3. The van der Waals surface area contributed by atoms with E-state index in [0.717, 1.165) is 28.5 Å². The fourth-order valence-corrected chi connectivity index (χ4v) is 4.47. The van der Waals surface area contributed by atoms with Crippen LogP contribution in [0, 0.1) is 0 Å². The molecule has 2 heterocycles. The molecule has 1 unspecified atom stereocenters. The Hall–Kier alpha value is -2.85. The van der Waals surface area contributed by atoms with Crippen molar-refractivity contribution in [1.82, 2.24) is 9.88 Å². The average Bonchev–Trinajstić information content (AvgIpc) is 3.37. The number of nitrogens with one attached hydrogen (secondary N) is 1. The summed E-state index contributed by atoms with van der Waals surface area (Å²) in [5.74, 6) is 0.165. The summed E-state index contributed by atoms with van der Waals surface area (Å²) in [5, 5.41) is 3.22. The second-order valence-electron chi connectivity index (χ2n) is 7.18. The van der Waals surface area contributed by atoms with Crippen LogP contribution in [0.15, 0.2) is 78.3 Å². The molecule has 0 saturated heterocycles. The van der Waals surface area contributed by atoms with Crippen molar-refractivity contribution in [1.29, 1.82) is 0 Å². The molecular formula is C24H24N2OS. The lowest BCUT2D eigenvalue weighted by Crippen LogP contribution is -2.40. The average molecular weight is 389 g/mol. The maximum Gasteiger partial charge on any atom is 0.227 e. The first-order chi connectivity index (χ1) is 13.7. The molecule has 4 rings (SSSR count). The van der Waals surface area contributed by atoms with Gasteiger partial charge in [-0.25, -0.2) is 0 Å². The van der Waals surface area contributed by atoms with E-state index in [1.54, 1.807) is 11.3 Å². The van der Waals surface area contributed by atoms with Crippen molar-refractivity contribution >= 4 is 28.1 Å². The van der Waals surface area contributed by atoms with Gasteiger partial charge >= 0.3 is 0 Å². The molecule has 0 bridgehead atoms. The molecule has 2 aromatic heterocycles. The Kier molecular flexibility index (Phi) is 5.58. The minimum Gasteiger partial charge on any atom is -0.361 e. The SMILES string of the molecule is CC(Cc1cccs1)N(Cc1ccccc1)C(=O)Cc1c[nH]c2ccccc12. The Bertz CT molecular complexity index is 1040. The van der Waals surface area contributed by atoms with Crippen LogP contribution < -0.4 is 0 Å². The van der Waals surface area contributed by atoms with E-state index in [1.807, 2.05) is 47.5 Å².